The van der Waals surface area contributed by atoms with Crippen molar-refractivity contribution in [1.29, 1.82) is 0 Å². The molecule has 128 valence electrons. The van der Waals surface area contributed by atoms with Crippen LogP contribution >= 0.6 is 11.3 Å². The highest BCUT2D eigenvalue weighted by Gasteiger charge is 2.26. The number of fused-ring (bicyclic) bond motifs is 1. The number of aryl methyl sites for hydroxylation is 1. The van der Waals surface area contributed by atoms with Crippen LogP contribution in [0.15, 0.2) is 24.3 Å². The van der Waals surface area contributed by atoms with Gasteiger partial charge in [0.1, 0.15) is 0 Å². The number of hydrogen-bond donors (Lipinski definition) is 1. The summed E-state index contributed by atoms with van der Waals surface area (Å²) in [6.45, 7) is 3.96. The monoisotopic (exact) mass is 345 g/mol. The molecule has 0 bridgehead atoms. The highest BCUT2D eigenvalue weighted by atomic mass is 32.1. The molecule has 1 aliphatic heterocycles. The van der Waals surface area contributed by atoms with E-state index in [9.17, 15) is 9.59 Å². The first-order valence-corrected chi connectivity index (χ1v) is 9.39. The van der Waals surface area contributed by atoms with Crippen molar-refractivity contribution in [2.24, 2.45) is 5.92 Å². The van der Waals surface area contributed by atoms with Gasteiger partial charge in [0.05, 0.1) is 15.2 Å². The second-order valence-electron chi connectivity index (χ2n) is 6.12. The van der Waals surface area contributed by atoms with E-state index < -0.39 is 0 Å². The Hall–Kier alpha value is -1.95. The standard InChI is InChI=1S/C18H23N3O2S/c1-2-19-18(23)13-9-11-21(12-10-13)17(22)8-7-16-20-14-5-3-4-6-15(14)24-16/h3-6,13H,2,7-12H2,1H3,(H,19,23). The van der Waals surface area contributed by atoms with Crippen molar-refractivity contribution in [3.05, 3.63) is 29.3 Å². The molecule has 0 atom stereocenters. The zero-order valence-electron chi connectivity index (χ0n) is 14.0. The fourth-order valence-electron chi connectivity index (χ4n) is 3.11. The van der Waals surface area contributed by atoms with Crippen LogP contribution in [-0.4, -0.2) is 41.3 Å². The summed E-state index contributed by atoms with van der Waals surface area (Å²) in [6, 6.07) is 8.05. The van der Waals surface area contributed by atoms with Gasteiger partial charge in [-0.25, -0.2) is 4.98 Å². The molecule has 1 aromatic heterocycles. The van der Waals surface area contributed by atoms with Gasteiger partial charge in [-0.2, -0.15) is 0 Å². The lowest BCUT2D eigenvalue weighted by Crippen LogP contribution is -2.43. The minimum Gasteiger partial charge on any atom is -0.356 e. The second-order valence-corrected chi connectivity index (χ2v) is 7.24. The number of nitrogens with one attached hydrogen (secondary N) is 1. The van der Waals surface area contributed by atoms with Gasteiger partial charge >= 0.3 is 0 Å². The van der Waals surface area contributed by atoms with E-state index >= 15 is 0 Å². The molecule has 24 heavy (non-hydrogen) atoms. The second kappa shape index (κ2) is 7.75. The average molecular weight is 345 g/mol. The third-order valence-corrected chi connectivity index (χ3v) is 5.56. The summed E-state index contributed by atoms with van der Waals surface area (Å²) in [7, 11) is 0. The molecule has 0 spiro atoms. The largest absolute Gasteiger partial charge is 0.356 e. The average Bonchev–Trinajstić information content (AvgIpc) is 3.03. The number of thiazole rings is 1. The van der Waals surface area contributed by atoms with Crippen LogP contribution in [0.2, 0.25) is 0 Å². The van der Waals surface area contributed by atoms with E-state index in [0.717, 1.165) is 23.4 Å². The highest BCUT2D eigenvalue weighted by Crippen LogP contribution is 2.23. The minimum atomic E-state index is 0.0539. The molecule has 0 radical (unpaired) electrons. The third-order valence-electron chi connectivity index (χ3n) is 4.46. The molecule has 2 heterocycles. The Kier molecular flexibility index (Phi) is 5.45. The van der Waals surface area contributed by atoms with Crippen molar-refractivity contribution >= 4 is 33.4 Å². The molecule has 1 aromatic carbocycles. The lowest BCUT2D eigenvalue weighted by Gasteiger charge is -2.31. The number of hydrogen-bond acceptors (Lipinski definition) is 4. The van der Waals surface area contributed by atoms with Crippen molar-refractivity contribution in [3.8, 4) is 0 Å². The first-order valence-electron chi connectivity index (χ1n) is 8.57. The van der Waals surface area contributed by atoms with Crippen LogP contribution in [0.4, 0.5) is 0 Å². The maximum atomic E-state index is 12.4. The summed E-state index contributed by atoms with van der Waals surface area (Å²) in [5.74, 6) is 0.348. The van der Waals surface area contributed by atoms with Gasteiger partial charge in [0.2, 0.25) is 11.8 Å². The summed E-state index contributed by atoms with van der Waals surface area (Å²) in [4.78, 5) is 30.7. The van der Waals surface area contributed by atoms with Crippen LogP contribution in [0.5, 0.6) is 0 Å². The van der Waals surface area contributed by atoms with Crippen molar-refractivity contribution in [3.63, 3.8) is 0 Å². The van der Waals surface area contributed by atoms with Crippen molar-refractivity contribution in [2.45, 2.75) is 32.6 Å². The molecule has 3 rings (SSSR count). The number of carbonyl (C=O) groups is 2. The number of nitrogens with zero attached hydrogens (tertiary/aromatic N) is 2. The first-order chi connectivity index (χ1) is 11.7. The maximum absolute atomic E-state index is 12.4. The van der Waals surface area contributed by atoms with E-state index in [1.54, 1.807) is 11.3 Å². The molecule has 6 heteroatoms. The molecule has 0 unspecified atom stereocenters. The van der Waals surface area contributed by atoms with Crippen LogP contribution in [0, 0.1) is 5.92 Å². The topological polar surface area (TPSA) is 62.3 Å². The van der Waals surface area contributed by atoms with Gasteiger partial charge < -0.3 is 10.2 Å². The van der Waals surface area contributed by atoms with Crippen LogP contribution in [-0.2, 0) is 16.0 Å². The molecule has 2 aromatic rings. The van der Waals surface area contributed by atoms with E-state index in [1.165, 1.54) is 4.70 Å². The summed E-state index contributed by atoms with van der Waals surface area (Å²) >= 11 is 1.66. The Morgan fingerprint density at radius 3 is 2.75 bits per heavy atom. The lowest BCUT2D eigenvalue weighted by atomic mass is 9.95. The quantitative estimate of drug-likeness (QED) is 0.906. The maximum Gasteiger partial charge on any atom is 0.223 e. The number of aromatic nitrogens is 1. The SMILES string of the molecule is CCNC(=O)C1CCN(C(=O)CCc2nc3ccccc3s2)CC1. The molecule has 1 aliphatic rings. The van der Waals surface area contributed by atoms with Crippen molar-refractivity contribution in [2.75, 3.05) is 19.6 Å². The lowest BCUT2D eigenvalue weighted by molar-refractivity contribution is -0.135. The molecule has 2 amide bonds. The Balaban J connectivity index is 1.48. The van der Waals surface area contributed by atoms with E-state index in [0.29, 0.717) is 32.5 Å². The molecule has 1 fully saturated rings. The Morgan fingerprint density at radius 2 is 2.04 bits per heavy atom. The number of piperidine rings is 1. The number of para-hydroxylation sites is 1. The number of likely N-dealkylation sites (tertiary alicyclic amines) is 1. The highest BCUT2D eigenvalue weighted by molar-refractivity contribution is 7.18. The normalized spacial score (nSPS) is 15.6. The first kappa shape index (κ1) is 16.9. The van der Waals surface area contributed by atoms with Gasteiger partial charge in [-0.1, -0.05) is 12.1 Å². The number of benzene rings is 1. The van der Waals surface area contributed by atoms with Gasteiger partial charge in [-0.15, -0.1) is 11.3 Å². The molecule has 0 aliphatic carbocycles. The zero-order chi connectivity index (χ0) is 16.9. The van der Waals surface area contributed by atoms with Gasteiger partial charge in [0, 0.05) is 38.4 Å². The molecular weight excluding hydrogens is 322 g/mol. The predicted molar refractivity (Wildman–Crippen MR) is 95.9 cm³/mol. The van der Waals surface area contributed by atoms with Crippen LogP contribution in [0.3, 0.4) is 0 Å². The predicted octanol–water partition coefficient (Wildman–Crippen LogP) is 2.60. The Bertz CT molecular complexity index is 687. The third kappa shape index (κ3) is 3.93. The molecular formula is C18H23N3O2S. The summed E-state index contributed by atoms with van der Waals surface area (Å²) in [6.07, 6.45) is 2.71. The van der Waals surface area contributed by atoms with Gasteiger partial charge in [0.25, 0.3) is 0 Å². The molecule has 5 nitrogen and oxygen atoms in total. The van der Waals surface area contributed by atoms with E-state index in [1.807, 2.05) is 30.0 Å². The molecule has 1 saturated heterocycles. The van der Waals surface area contributed by atoms with Crippen LogP contribution in [0.1, 0.15) is 31.2 Å². The summed E-state index contributed by atoms with van der Waals surface area (Å²) in [5.41, 5.74) is 1.01. The minimum absolute atomic E-state index is 0.0539. The smallest absolute Gasteiger partial charge is 0.223 e. The van der Waals surface area contributed by atoms with E-state index in [4.69, 9.17) is 0 Å². The van der Waals surface area contributed by atoms with Gasteiger partial charge in [0.15, 0.2) is 0 Å². The van der Waals surface area contributed by atoms with E-state index in [2.05, 4.69) is 16.4 Å². The number of carbonyl (C=O) groups excluding carboxylic acids is 2. The summed E-state index contributed by atoms with van der Waals surface area (Å²) < 4.78 is 1.17. The summed E-state index contributed by atoms with van der Waals surface area (Å²) in [5, 5.41) is 3.88. The van der Waals surface area contributed by atoms with Crippen LogP contribution < -0.4 is 5.32 Å². The van der Waals surface area contributed by atoms with E-state index in [-0.39, 0.29) is 17.7 Å². The van der Waals surface area contributed by atoms with Gasteiger partial charge in [-0.05, 0) is 31.9 Å². The number of rotatable bonds is 5. The molecule has 0 saturated carbocycles. The van der Waals surface area contributed by atoms with Crippen LogP contribution in [0.25, 0.3) is 10.2 Å². The Morgan fingerprint density at radius 1 is 1.29 bits per heavy atom. The van der Waals surface area contributed by atoms with Gasteiger partial charge in [-0.3, -0.25) is 9.59 Å². The fraction of sp³-hybridized carbons (Fsp3) is 0.500. The van der Waals surface area contributed by atoms with Crippen molar-refractivity contribution < 1.29 is 9.59 Å². The zero-order valence-corrected chi connectivity index (χ0v) is 14.8. The fourth-order valence-corrected chi connectivity index (χ4v) is 4.08. The molecule has 1 N–H and O–H groups in total. The van der Waals surface area contributed by atoms with Crippen molar-refractivity contribution in [1.82, 2.24) is 15.2 Å². The number of amides is 2. The Labute approximate surface area is 146 Å².